The Balaban J connectivity index is 1.11. The van der Waals surface area contributed by atoms with E-state index < -0.39 is 17.8 Å². The first-order valence-corrected chi connectivity index (χ1v) is 18.6. The van der Waals surface area contributed by atoms with Gasteiger partial charge in [0.15, 0.2) is 0 Å². The number of thiophene rings is 1. The van der Waals surface area contributed by atoms with Gasteiger partial charge in [-0.15, -0.1) is 23.1 Å². The average Bonchev–Trinajstić information content (AvgIpc) is 3.51. The first-order valence-electron chi connectivity index (χ1n) is 16.4. The smallest absolute Gasteiger partial charge is 0.341 e. The zero-order valence-corrected chi connectivity index (χ0v) is 30.6. The van der Waals surface area contributed by atoms with Gasteiger partial charge in [0.25, 0.3) is 11.8 Å². The summed E-state index contributed by atoms with van der Waals surface area (Å²) in [6.07, 6.45) is 2.23. The molecule has 0 bridgehead atoms. The molecule has 0 saturated heterocycles. The normalized spacial score (nSPS) is 12.8. The van der Waals surface area contributed by atoms with E-state index >= 15 is 0 Å². The third kappa shape index (κ3) is 9.56. The molecule has 1 aliphatic heterocycles. The van der Waals surface area contributed by atoms with Crippen LogP contribution in [-0.4, -0.2) is 48.0 Å². The summed E-state index contributed by atoms with van der Waals surface area (Å²) in [5.41, 5.74) is 4.09. The van der Waals surface area contributed by atoms with Crippen molar-refractivity contribution in [1.82, 2.24) is 10.2 Å². The maximum Gasteiger partial charge on any atom is 0.341 e. The highest BCUT2D eigenvalue weighted by Crippen LogP contribution is 2.38. The number of nitrogens with zero attached hydrogens (tertiary/aromatic N) is 1. The first kappa shape index (κ1) is 36.6. The van der Waals surface area contributed by atoms with E-state index in [0.29, 0.717) is 45.4 Å². The lowest BCUT2D eigenvalue weighted by Gasteiger charge is -2.27. The molecule has 9 nitrogen and oxygen atoms in total. The number of nitrogens with one attached hydrogen (secondary N) is 3. The molecule has 1 aliphatic rings. The molecule has 5 aromatic rings. The number of carbonyl (C=O) groups excluding carboxylic acids is 4. The SMILES string of the molecule is COC(=O)c1c(NC(=O)CSc2cccc(NC(=O)/C(=C/c3cccc(Cl)c3)NC(=O)c3ccccc3)c2)sc2c1CCN(Cc1ccccc1)C2. The minimum Gasteiger partial charge on any atom is -0.465 e. The fourth-order valence-electron chi connectivity index (χ4n) is 5.72. The van der Waals surface area contributed by atoms with Crippen LogP contribution in [-0.2, 0) is 33.8 Å². The zero-order valence-electron chi connectivity index (χ0n) is 28.2. The summed E-state index contributed by atoms with van der Waals surface area (Å²) in [6.45, 7) is 2.26. The molecule has 3 N–H and O–H groups in total. The summed E-state index contributed by atoms with van der Waals surface area (Å²) >= 11 is 8.86. The van der Waals surface area contributed by atoms with E-state index in [1.54, 1.807) is 78.9 Å². The summed E-state index contributed by atoms with van der Waals surface area (Å²) in [5.74, 6) is -1.66. The fraction of sp³-hybridized carbons (Fsp3) is 0.150. The Bertz CT molecular complexity index is 2120. The lowest BCUT2D eigenvalue weighted by Crippen LogP contribution is -2.30. The molecular weight excluding hydrogens is 716 g/mol. The van der Waals surface area contributed by atoms with Gasteiger partial charge in [0.1, 0.15) is 10.7 Å². The van der Waals surface area contributed by atoms with Crippen LogP contribution >= 0.6 is 34.7 Å². The van der Waals surface area contributed by atoms with Crippen molar-refractivity contribution in [2.75, 3.05) is 30.0 Å². The van der Waals surface area contributed by atoms with Crippen molar-refractivity contribution >= 4 is 75.2 Å². The molecule has 0 atom stereocenters. The van der Waals surface area contributed by atoms with E-state index in [9.17, 15) is 19.2 Å². The second-order valence-electron chi connectivity index (χ2n) is 11.9. The number of hydrogen-bond acceptors (Lipinski definition) is 8. The molecule has 0 saturated carbocycles. The van der Waals surface area contributed by atoms with Gasteiger partial charge in [-0.1, -0.05) is 78.3 Å². The van der Waals surface area contributed by atoms with E-state index in [2.05, 4.69) is 33.0 Å². The molecule has 0 spiro atoms. The van der Waals surface area contributed by atoms with Crippen molar-refractivity contribution in [2.45, 2.75) is 24.4 Å². The number of ether oxygens (including phenoxy) is 1. The maximum atomic E-state index is 13.5. The number of hydrogen-bond donors (Lipinski definition) is 3. The summed E-state index contributed by atoms with van der Waals surface area (Å²) in [6, 6.07) is 32.8. The quantitative estimate of drug-likeness (QED) is 0.0675. The molecule has 52 heavy (non-hydrogen) atoms. The number of benzene rings is 4. The highest BCUT2D eigenvalue weighted by atomic mass is 35.5. The van der Waals surface area contributed by atoms with Crippen molar-refractivity contribution in [3.05, 3.63) is 153 Å². The van der Waals surface area contributed by atoms with E-state index in [1.165, 1.54) is 35.8 Å². The Morgan fingerprint density at radius 2 is 1.65 bits per heavy atom. The molecule has 4 aromatic carbocycles. The Kier molecular flexibility index (Phi) is 12.2. The third-order valence-corrected chi connectivity index (χ3v) is 10.5. The van der Waals surface area contributed by atoms with E-state index in [1.807, 2.05) is 24.3 Å². The first-order chi connectivity index (χ1) is 25.2. The number of fused-ring (bicyclic) bond motifs is 1. The van der Waals surface area contributed by atoms with Crippen LogP contribution in [0.1, 0.15) is 42.3 Å². The fourth-order valence-corrected chi connectivity index (χ4v) is 7.97. The molecular formula is C40H35ClN4O5S2. The van der Waals surface area contributed by atoms with Crippen molar-refractivity contribution in [3.63, 3.8) is 0 Å². The summed E-state index contributed by atoms with van der Waals surface area (Å²) in [4.78, 5) is 56.7. The lowest BCUT2D eigenvalue weighted by atomic mass is 10.0. The van der Waals surface area contributed by atoms with Gasteiger partial charge in [-0.25, -0.2) is 4.79 Å². The van der Waals surface area contributed by atoms with Crippen LogP contribution in [0.4, 0.5) is 10.7 Å². The van der Waals surface area contributed by atoms with Crippen LogP contribution in [0, 0.1) is 0 Å². The highest BCUT2D eigenvalue weighted by Gasteiger charge is 2.29. The van der Waals surface area contributed by atoms with Crippen molar-refractivity contribution in [3.8, 4) is 0 Å². The molecule has 264 valence electrons. The Hall–Kier alpha value is -5.20. The Morgan fingerprint density at radius 1 is 0.904 bits per heavy atom. The summed E-state index contributed by atoms with van der Waals surface area (Å²) in [5, 5.41) is 9.50. The minimum atomic E-state index is -0.538. The number of thioether (sulfide) groups is 1. The van der Waals surface area contributed by atoms with Crippen LogP contribution in [0.2, 0.25) is 5.02 Å². The van der Waals surface area contributed by atoms with Gasteiger partial charge in [0, 0.05) is 45.7 Å². The Morgan fingerprint density at radius 3 is 2.40 bits per heavy atom. The summed E-state index contributed by atoms with van der Waals surface area (Å²) in [7, 11) is 1.34. The van der Waals surface area contributed by atoms with E-state index in [4.69, 9.17) is 16.3 Å². The average molecular weight is 751 g/mol. The highest BCUT2D eigenvalue weighted by molar-refractivity contribution is 8.00. The number of methoxy groups -OCH3 is 1. The van der Waals surface area contributed by atoms with Gasteiger partial charge in [-0.05, 0) is 71.7 Å². The van der Waals surface area contributed by atoms with Crippen LogP contribution in [0.5, 0.6) is 0 Å². The minimum absolute atomic E-state index is 0.0248. The van der Waals surface area contributed by atoms with Crippen molar-refractivity contribution in [1.29, 1.82) is 0 Å². The Labute approximate surface area is 315 Å². The number of halogens is 1. The second-order valence-corrected chi connectivity index (χ2v) is 14.5. The van der Waals surface area contributed by atoms with Crippen LogP contribution in [0.25, 0.3) is 6.08 Å². The number of anilines is 2. The number of amides is 3. The maximum absolute atomic E-state index is 13.5. The molecule has 2 heterocycles. The molecule has 0 aliphatic carbocycles. The predicted molar refractivity (Wildman–Crippen MR) is 208 cm³/mol. The largest absolute Gasteiger partial charge is 0.465 e. The number of esters is 1. The van der Waals surface area contributed by atoms with Gasteiger partial charge >= 0.3 is 5.97 Å². The van der Waals surface area contributed by atoms with E-state index in [0.717, 1.165) is 28.4 Å². The summed E-state index contributed by atoms with van der Waals surface area (Å²) < 4.78 is 5.11. The van der Waals surface area contributed by atoms with E-state index in [-0.39, 0.29) is 17.4 Å². The monoisotopic (exact) mass is 750 g/mol. The third-order valence-electron chi connectivity index (χ3n) is 8.18. The molecule has 0 radical (unpaired) electrons. The van der Waals surface area contributed by atoms with Gasteiger partial charge in [-0.3, -0.25) is 19.3 Å². The van der Waals surface area contributed by atoms with Gasteiger partial charge < -0.3 is 20.7 Å². The van der Waals surface area contributed by atoms with Gasteiger partial charge in [0.2, 0.25) is 5.91 Å². The lowest BCUT2D eigenvalue weighted by molar-refractivity contribution is -0.114. The van der Waals surface area contributed by atoms with Gasteiger partial charge in [-0.2, -0.15) is 0 Å². The molecule has 0 fully saturated rings. The second kappa shape index (κ2) is 17.3. The molecule has 1 aromatic heterocycles. The number of rotatable bonds is 12. The van der Waals surface area contributed by atoms with Crippen LogP contribution in [0.3, 0.4) is 0 Å². The molecule has 12 heteroatoms. The van der Waals surface area contributed by atoms with Crippen LogP contribution < -0.4 is 16.0 Å². The topological polar surface area (TPSA) is 117 Å². The van der Waals surface area contributed by atoms with Crippen LogP contribution in [0.15, 0.2) is 120 Å². The standard InChI is InChI=1S/C40H35ClN4O5S2/c1-50-40(49)36-32-18-19-45(23-26-10-4-2-5-11-26)24-34(32)52-39(36)44-35(46)25-51-31-17-9-16-30(22-31)42-38(48)33(21-27-12-8-15-29(41)20-27)43-37(47)28-13-6-3-7-14-28/h2-17,20-22H,18-19,23-25H2,1H3,(H,42,48)(H,43,47)(H,44,46)/b33-21-. The number of carbonyl (C=O) groups is 4. The predicted octanol–water partition coefficient (Wildman–Crippen LogP) is 7.89. The molecule has 3 amide bonds. The van der Waals surface area contributed by atoms with Crippen molar-refractivity contribution in [2.24, 2.45) is 0 Å². The molecule has 6 rings (SSSR count). The zero-order chi connectivity index (χ0) is 36.5. The van der Waals surface area contributed by atoms with Gasteiger partial charge in [0.05, 0.1) is 18.4 Å². The molecule has 0 unspecified atom stereocenters. The van der Waals surface area contributed by atoms with Crippen molar-refractivity contribution < 1.29 is 23.9 Å².